The summed E-state index contributed by atoms with van der Waals surface area (Å²) in [6, 6.07) is 12.2. The van der Waals surface area contributed by atoms with Crippen molar-refractivity contribution in [3.8, 4) is 0 Å². The van der Waals surface area contributed by atoms with E-state index in [0.29, 0.717) is 5.69 Å². The Morgan fingerprint density at radius 3 is 1.98 bits per heavy atom. The molecule has 0 unspecified atom stereocenters. The zero-order chi connectivity index (χ0) is 32.3. The number of aromatic nitrogens is 3. The molecule has 2 aromatic carbocycles. The molecule has 0 fully saturated rings. The third-order valence-electron chi connectivity index (χ3n) is 7.16. The highest BCUT2D eigenvalue weighted by atomic mass is 32.1. The lowest BCUT2D eigenvalue weighted by molar-refractivity contribution is -0.134. The second kappa shape index (κ2) is 15.6. The molecule has 0 saturated heterocycles. The number of hydrogen-bond donors (Lipinski definition) is 8. The van der Waals surface area contributed by atoms with Gasteiger partial charge in [0.05, 0.1) is 6.33 Å². The summed E-state index contributed by atoms with van der Waals surface area (Å²) in [5, 5.41) is 11.6. The summed E-state index contributed by atoms with van der Waals surface area (Å²) < 4.78 is 0. The summed E-state index contributed by atoms with van der Waals surface area (Å²) in [4.78, 5) is 74.8. The molecule has 13 nitrogen and oxygen atoms in total. The largest absolute Gasteiger partial charge is 0.368 e. The van der Waals surface area contributed by atoms with Gasteiger partial charge in [0.25, 0.3) is 0 Å². The SMILES string of the molecule is CC(=O)N[C@@H](Cc1cnc[nH]1)C(=O)N[C@@H](Cc1ccccc1)C(=O)N[C@H](Cc1c[nH]c2ccccc12)C(=O)N[C@@H](CS)C(N)=O. The summed E-state index contributed by atoms with van der Waals surface area (Å²) in [6.45, 7) is 1.29. The van der Waals surface area contributed by atoms with Gasteiger partial charge < -0.3 is 37.0 Å². The second-order valence-electron chi connectivity index (χ2n) is 10.6. The summed E-state index contributed by atoms with van der Waals surface area (Å²) in [7, 11) is 0. The fourth-order valence-electron chi connectivity index (χ4n) is 4.88. The lowest BCUT2D eigenvalue weighted by Crippen LogP contribution is -2.59. The van der Waals surface area contributed by atoms with Crippen molar-refractivity contribution in [2.24, 2.45) is 5.73 Å². The van der Waals surface area contributed by atoms with Gasteiger partial charge in [-0.3, -0.25) is 24.0 Å². The highest BCUT2D eigenvalue weighted by molar-refractivity contribution is 7.80. The molecule has 2 aromatic heterocycles. The van der Waals surface area contributed by atoms with E-state index in [2.05, 4.69) is 48.8 Å². The fraction of sp³-hybridized carbons (Fsp3) is 0.290. The number of rotatable bonds is 15. The van der Waals surface area contributed by atoms with Crippen LogP contribution in [0.4, 0.5) is 0 Å². The molecule has 2 heterocycles. The van der Waals surface area contributed by atoms with Gasteiger partial charge in [0.15, 0.2) is 0 Å². The Kier molecular flexibility index (Phi) is 11.3. The van der Waals surface area contributed by atoms with Crippen molar-refractivity contribution in [3.05, 3.63) is 90.1 Å². The Morgan fingerprint density at radius 2 is 1.38 bits per heavy atom. The number of thiol groups is 1. The highest BCUT2D eigenvalue weighted by Gasteiger charge is 2.31. The Balaban J connectivity index is 1.61. The van der Waals surface area contributed by atoms with Crippen molar-refractivity contribution in [1.82, 2.24) is 36.2 Å². The van der Waals surface area contributed by atoms with Crippen molar-refractivity contribution in [2.75, 3.05) is 5.75 Å². The van der Waals surface area contributed by atoms with Crippen LogP contribution in [-0.4, -0.2) is 74.4 Å². The molecule has 0 bridgehead atoms. The number of benzene rings is 2. The summed E-state index contributed by atoms with van der Waals surface area (Å²) >= 11 is 4.11. The van der Waals surface area contributed by atoms with Gasteiger partial charge in [0.1, 0.15) is 24.2 Å². The number of imidazole rings is 1. The standard InChI is InChI=1S/C31H36N8O5S/c1-18(40)36-26(13-21-15-33-17-35-21)31(44)37-24(11-19-7-3-2-4-8-19)29(42)38-25(30(43)39-27(16-45)28(32)41)12-20-14-34-23-10-6-5-9-22(20)23/h2-10,14-15,17,24-27,34,45H,11-13,16H2,1H3,(H2,32,41)(H,33,35)(H,36,40)(H,37,44)(H,38,42)(H,39,43)/t24-,25+,26-,27-/m0/s1. The zero-order valence-electron chi connectivity index (χ0n) is 24.6. The highest BCUT2D eigenvalue weighted by Crippen LogP contribution is 2.19. The zero-order valence-corrected chi connectivity index (χ0v) is 25.5. The van der Waals surface area contributed by atoms with E-state index in [1.807, 2.05) is 42.5 Å². The second-order valence-corrected chi connectivity index (χ2v) is 10.9. The van der Waals surface area contributed by atoms with Crippen LogP contribution in [0.1, 0.15) is 23.7 Å². The van der Waals surface area contributed by atoms with Gasteiger partial charge in [0.2, 0.25) is 29.5 Å². The number of nitrogens with two attached hydrogens (primary N) is 1. The van der Waals surface area contributed by atoms with Gasteiger partial charge in [-0.05, 0) is 17.2 Å². The molecule has 236 valence electrons. The fourth-order valence-corrected chi connectivity index (χ4v) is 5.15. The van der Waals surface area contributed by atoms with E-state index >= 15 is 0 Å². The maximum Gasteiger partial charge on any atom is 0.243 e. The first-order chi connectivity index (χ1) is 21.6. The molecule has 45 heavy (non-hydrogen) atoms. The lowest BCUT2D eigenvalue weighted by atomic mass is 10.0. The Labute approximate surface area is 264 Å². The number of para-hydroxylation sites is 1. The molecule has 0 aliphatic carbocycles. The summed E-state index contributed by atoms with van der Waals surface area (Å²) in [5.74, 6) is -3.13. The Bertz CT molecular complexity index is 1630. The average molecular weight is 633 g/mol. The van der Waals surface area contributed by atoms with E-state index < -0.39 is 53.7 Å². The maximum absolute atomic E-state index is 13.9. The quantitative estimate of drug-likeness (QED) is 0.0865. The number of hydrogen-bond acceptors (Lipinski definition) is 7. The normalized spacial score (nSPS) is 13.6. The lowest BCUT2D eigenvalue weighted by Gasteiger charge is -2.26. The van der Waals surface area contributed by atoms with Crippen LogP contribution in [0.3, 0.4) is 0 Å². The van der Waals surface area contributed by atoms with Crippen molar-refractivity contribution >= 4 is 53.1 Å². The topological polar surface area (TPSA) is 204 Å². The molecule has 14 heteroatoms. The number of amides is 5. The monoisotopic (exact) mass is 632 g/mol. The Hall–Kier alpha value is -5.11. The smallest absolute Gasteiger partial charge is 0.243 e. The number of carbonyl (C=O) groups is 5. The number of aromatic amines is 2. The number of carbonyl (C=O) groups excluding carboxylic acids is 5. The third kappa shape index (κ3) is 9.19. The minimum absolute atomic E-state index is 0.0393. The molecule has 0 aliphatic rings. The van der Waals surface area contributed by atoms with Gasteiger partial charge >= 0.3 is 0 Å². The molecule has 0 aliphatic heterocycles. The molecule has 5 amide bonds. The molecule has 4 atom stereocenters. The summed E-state index contributed by atoms with van der Waals surface area (Å²) in [5.41, 5.74) is 8.39. The molecule has 4 aromatic rings. The third-order valence-corrected chi connectivity index (χ3v) is 7.53. The number of fused-ring (bicyclic) bond motifs is 1. The van der Waals surface area contributed by atoms with Crippen LogP contribution in [0.25, 0.3) is 10.9 Å². The molecule has 8 N–H and O–H groups in total. The van der Waals surface area contributed by atoms with Crippen molar-refractivity contribution in [2.45, 2.75) is 50.4 Å². The molecule has 0 radical (unpaired) electrons. The van der Waals surface area contributed by atoms with Crippen LogP contribution in [0.5, 0.6) is 0 Å². The predicted molar refractivity (Wildman–Crippen MR) is 171 cm³/mol. The van der Waals surface area contributed by atoms with Gasteiger partial charge in [-0.1, -0.05) is 48.5 Å². The van der Waals surface area contributed by atoms with Crippen LogP contribution in [0.15, 0.2) is 73.3 Å². The van der Waals surface area contributed by atoms with Crippen molar-refractivity contribution in [1.29, 1.82) is 0 Å². The average Bonchev–Trinajstić information content (AvgIpc) is 3.69. The first-order valence-electron chi connectivity index (χ1n) is 14.3. The van der Waals surface area contributed by atoms with Gasteiger partial charge in [-0.2, -0.15) is 12.6 Å². The molecule has 4 rings (SSSR count). The van der Waals surface area contributed by atoms with E-state index in [0.717, 1.165) is 22.0 Å². The van der Waals surface area contributed by atoms with Gasteiger partial charge in [0, 0.05) is 60.9 Å². The van der Waals surface area contributed by atoms with Crippen LogP contribution < -0.4 is 27.0 Å². The molecular formula is C31H36N8O5S. The van der Waals surface area contributed by atoms with E-state index in [1.165, 1.54) is 19.4 Å². The van der Waals surface area contributed by atoms with E-state index in [4.69, 9.17) is 5.73 Å². The van der Waals surface area contributed by atoms with Crippen molar-refractivity contribution in [3.63, 3.8) is 0 Å². The number of nitrogens with one attached hydrogen (secondary N) is 6. The minimum Gasteiger partial charge on any atom is -0.368 e. The van der Waals surface area contributed by atoms with Crippen molar-refractivity contribution < 1.29 is 24.0 Å². The number of H-pyrrole nitrogens is 2. The van der Waals surface area contributed by atoms with Crippen LogP contribution in [-0.2, 0) is 43.2 Å². The van der Waals surface area contributed by atoms with E-state index in [-0.39, 0.29) is 25.0 Å². The number of primary amides is 1. The molecular weight excluding hydrogens is 596 g/mol. The predicted octanol–water partition coefficient (Wildman–Crippen LogP) is 0.293. The molecule has 0 saturated carbocycles. The number of nitrogens with zero attached hydrogens (tertiary/aromatic N) is 1. The van der Waals surface area contributed by atoms with Crippen LogP contribution in [0.2, 0.25) is 0 Å². The van der Waals surface area contributed by atoms with E-state index in [9.17, 15) is 24.0 Å². The maximum atomic E-state index is 13.9. The molecule has 0 spiro atoms. The first-order valence-corrected chi connectivity index (χ1v) is 14.9. The van der Waals surface area contributed by atoms with E-state index in [1.54, 1.807) is 18.3 Å². The van der Waals surface area contributed by atoms with Gasteiger partial charge in [-0.25, -0.2) is 4.98 Å². The summed E-state index contributed by atoms with van der Waals surface area (Å²) in [6.07, 6.45) is 5.01. The van der Waals surface area contributed by atoms with Gasteiger partial charge in [-0.15, -0.1) is 0 Å². The van der Waals surface area contributed by atoms with Crippen LogP contribution >= 0.6 is 12.6 Å². The minimum atomic E-state index is -1.15. The first kappa shape index (κ1) is 32.8. The van der Waals surface area contributed by atoms with Crippen LogP contribution in [0, 0.1) is 0 Å². The Morgan fingerprint density at radius 1 is 0.778 bits per heavy atom.